The zero-order chi connectivity index (χ0) is 26.1. The molecule has 0 bridgehead atoms. The topological polar surface area (TPSA) is 52.8 Å². The number of benzene rings is 3. The number of hydrogen-bond acceptors (Lipinski definition) is 5. The summed E-state index contributed by atoms with van der Waals surface area (Å²) in [6.07, 6.45) is 1.87. The fourth-order valence-corrected chi connectivity index (χ4v) is 5.61. The van der Waals surface area contributed by atoms with E-state index in [1.165, 1.54) is 17.8 Å². The number of pyridine rings is 1. The molecule has 1 aliphatic heterocycles. The molecule has 1 unspecified atom stereocenters. The molecule has 3 heterocycles. The van der Waals surface area contributed by atoms with Gasteiger partial charge in [0.25, 0.3) is 0 Å². The number of hydrogen-bond donors (Lipinski definition) is 0. The fraction of sp³-hybridized carbons (Fsp3) is 0.207. The van der Waals surface area contributed by atoms with Gasteiger partial charge in [0.1, 0.15) is 0 Å². The van der Waals surface area contributed by atoms with Gasteiger partial charge in [-0.15, -0.1) is 10.2 Å². The third kappa shape index (κ3) is 4.79. The van der Waals surface area contributed by atoms with Crippen LogP contribution >= 0.6 is 11.8 Å². The number of fused-ring (bicyclic) bond motifs is 1. The van der Waals surface area contributed by atoms with Crippen LogP contribution in [0.15, 0.2) is 78.0 Å². The van der Waals surface area contributed by atoms with E-state index in [2.05, 4.69) is 10.2 Å². The number of ether oxygens (including phenoxy) is 1. The number of halogens is 3. The van der Waals surface area contributed by atoms with Gasteiger partial charge >= 0.3 is 0 Å². The molecule has 5 nitrogen and oxygen atoms in total. The summed E-state index contributed by atoms with van der Waals surface area (Å²) in [6, 6.07) is 22.0. The van der Waals surface area contributed by atoms with Crippen LogP contribution in [0.3, 0.4) is 0 Å². The van der Waals surface area contributed by atoms with E-state index in [0.717, 1.165) is 46.6 Å². The van der Waals surface area contributed by atoms with Gasteiger partial charge in [-0.1, -0.05) is 66.4 Å². The molecule has 192 valence electrons. The van der Waals surface area contributed by atoms with Crippen LogP contribution < -0.4 is 0 Å². The molecule has 0 amide bonds. The van der Waals surface area contributed by atoms with E-state index in [1.54, 1.807) is 0 Å². The van der Waals surface area contributed by atoms with Crippen molar-refractivity contribution in [2.45, 2.75) is 36.4 Å². The fourth-order valence-electron chi connectivity index (χ4n) is 4.69. The summed E-state index contributed by atoms with van der Waals surface area (Å²) >= 11 is 1.22. The van der Waals surface area contributed by atoms with Crippen molar-refractivity contribution in [2.75, 3.05) is 6.61 Å². The summed E-state index contributed by atoms with van der Waals surface area (Å²) in [4.78, 5) is 4.88. The van der Waals surface area contributed by atoms with Crippen LogP contribution in [-0.4, -0.2) is 32.5 Å². The summed E-state index contributed by atoms with van der Waals surface area (Å²) in [5.41, 5.74) is 3.54. The van der Waals surface area contributed by atoms with Gasteiger partial charge in [-0.05, 0) is 31.0 Å². The van der Waals surface area contributed by atoms with E-state index in [4.69, 9.17) is 9.72 Å². The van der Waals surface area contributed by atoms with Gasteiger partial charge in [-0.2, -0.15) is 0 Å². The monoisotopic (exact) mass is 532 g/mol. The maximum Gasteiger partial charge on any atom is 0.194 e. The SMILES string of the molecule is Fc1ccc(CSc2nnc(-c3cc(-c4ccccc4)nc4ccccc34)n2CC2CCCO2)c(F)c1F. The average Bonchev–Trinajstić information content (AvgIpc) is 3.62. The lowest BCUT2D eigenvalue weighted by molar-refractivity contribution is 0.0953. The Morgan fingerprint density at radius 3 is 2.55 bits per heavy atom. The van der Waals surface area contributed by atoms with Gasteiger partial charge in [0.05, 0.1) is 23.9 Å². The second-order valence-corrected chi connectivity index (χ2v) is 10.1. The summed E-state index contributed by atoms with van der Waals surface area (Å²) in [5, 5.41) is 10.5. The minimum absolute atomic E-state index is 0.00852. The molecule has 1 fully saturated rings. The summed E-state index contributed by atoms with van der Waals surface area (Å²) in [7, 11) is 0. The Morgan fingerprint density at radius 2 is 1.74 bits per heavy atom. The zero-order valence-electron chi connectivity index (χ0n) is 20.3. The second kappa shape index (κ2) is 10.6. The first kappa shape index (κ1) is 24.6. The normalized spacial score (nSPS) is 15.4. The molecule has 0 N–H and O–H groups in total. The summed E-state index contributed by atoms with van der Waals surface area (Å²) in [5.74, 6) is -3.15. The van der Waals surface area contributed by atoms with E-state index in [0.29, 0.717) is 24.1 Å². The Kier molecular flexibility index (Phi) is 6.86. The lowest BCUT2D eigenvalue weighted by Crippen LogP contribution is -2.17. The standard InChI is InChI=1S/C29H23F3N4OS/c30-23-13-12-19(26(31)27(23)32)17-38-29-35-34-28(36(29)16-20-9-6-14-37-20)22-15-25(18-7-2-1-3-8-18)33-24-11-5-4-10-21(22)24/h1-5,7-8,10-13,15,20H,6,9,14,16-17H2. The first-order chi connectivity index (χ1) is 18.6. The van der Waals surface area contributed by atoms with Crippen molar-refractivity contribution in [1.82, 2.24) is 19.7 Å². The van der Waals surface area contributed by atoms with Crippen LogP contribution in [0.5, 0.6) is 0 Å². The molecule has 1 saturated heterocycles. The van der Waals surface area contributed by atoms with Crippen LogP contribution in [0.2, 0.25) is 0 Å². The molecule has 9 heteroatoms. The van der Waals surface area contributed by atoms with E-state index in [-0.39, 0.29) is 17.4 Å². The molecule has 5 aromatic rings. The maximum absolute atomic E-state index is 14.3. The minimum atomic E-state index is -1.47. The predicted octanol–water partition coefficient (Wildman–Crippen LogP) is 7.05. The Hall–Kier alpha value is -3.69. The van der Waals surface area contributed by atoms with Crippen molar-refractivity contribution in [3.63, 3.8) is 0 Å². The Labute approximate surface area is 221 Å². The van der Waals surface area contributed by atoms with E-state index in [9.17, 15) is 13.2 Å². The first-order valence-corrected chi connectivity index (χ1v) is 13.3. The summed E-state index contributed by atoms with van der Waals surface area (Å²) < 4.78 is 49.5. The van der Waals surface area contributed by atoms with Gasteiger partial charge in [0.2, 0.25) is 0 Å². The van der Waals surface area contributed by atoms with Crippen molar-refractivity contribution in [3.8, 4) is 22.6 Å². The third-order valence-corrected chi connectivity index (χ3v) is 7.64. The highest BCUT2D eigenvalue weighted by molar-refractivity contribution is 7.98. The average molecular weight is 533 g/mol. The molecule has 6 rings (SSSR count). The van der Waals surface area contributed by atoms with Crippen molar-refractivity contribution in [2.24, 2.45) is 0 Å². The molecule has 2 aromatic heterocycles. The van der Waals surface area contributed by atoms with E-state index in [1.807, 2.05) is 65.2 Å². The Balaban J connectivity index is 1.44. The van der Waals surface area contributed by atoms with Gasteiger partial charge in [0.15, 0.2) is 28.4 Å². The van der Waals surface area contributed by atoms with E-state index >= 15 is 0 Å². The number of para-hydroxylation sites is 1. The molecule has 0 saturated carbocycles. The number of rotatable bonds is 7. The van der Waals surface area contributed by atoms with Crippen LogP contribution in [0, 0.1) is 17.5 Å². The van der Waals surface area contributed by atoms with Crippen molar-refractivity contribution in [1.29, 1.82) is 0 Å². The molecule has 0 radical (unpaired) electrons. The van der Waals surface area contributed by atoms with E-state index < -0.39 is 17.5 Å². The molecule has 0 aliphatic carbocycles. The van der Waals surface area contributed by atoms with Crippen molar-refractivity contribution >= 4 is 22.7 Å². The largest absolute Gasteiger partial charge is 0.376 e. The Bertz CT molecular complexity index is 1600. The second-order valence-electron chi connectivity index (χ2n) is 9.11. The Morgan fingerprint density at radius 1 is 0.921 bits per heavy atom. The first-order valence-electron chi connectivity index (χ1n) is 12.3. The molecule has 1 aliphatic rings. The van der Waals surface area contributed by atoms with Crippen LogP contribution in [0.25, 0.3) is 33.5 Å². The predicted molar refractivity (Wildman–Crippen MR) is 141 cm³/mol. The lowest BCUT2D eigenvalue weighted by atomic mass is 10.0. The number of aromatic nitrogens is 4. The van der Waals surface area contributed by atoms with Crippen LogP contribution in [-0.2, 0) is 17.0 Å². The quantitative estimate of drug-likeness (QED) is 0.166. The molecule has 0 spiro atoms. The van der Waals surface area contributed by atoms with Crippen LogP contribution in [0.1, 0.15) is 18.4 Å². The highest BCUT2D eigenvalue weighted by atomic mass is 32.2. The maximum atomic E-state index is 14.3. The van der Waals surface area contributed by atoms with Gasteiger partial charge in [-0.3, -0.25) is 4.57 Å². The smallest absolute Gasteiger partial charge is 0.194 e. The van der Waals surface area contributed by atoms with Gasteiger partial charge < -0.3 is 4.74 Å². The van der Waals surface area contributed by atoms with Crippen LogP contribution in [0.4, 0.5) is 13.2 Å². The molecular formula is C29H23F3N4OS. The van der Waals surface area contributed by atoms with Crippen molar-refractivity contribution < 1.29 is 17.9 Å². The molecule has 3 aromatic carbocycles. The third-order valence-electron chi connectivity index (χ3n) is 6.63. The highest BCUT2D eigenvalue weighted by Crippen LogP contribution is 2.35. The number of thioether (sulfide) groups is 1. The summed E-state index contributed by atoms with van der Waals surface area (Å²) in [6.45, 7) is 1.21. The van der Waals surface area contributed by atoms with Gasteiger partial charge in [-0.25, -0.2) is 18.2 Å². The molecular weight excluding hydrogens is 509 g/mol. The minimum Gasteiger partial charge on any atom is -0.376 e. The highest BCUT2D eigenvalue weighted by Gasteiger charge is 2.24. The lowest BCUT2D eigenvalue weighted by Gasteiger charge is -2.16. The number of nitrogens with zero attached hydrogens (tertiary/aromatic N) is 4. The molecule has 1 atom stereocenters. The zero-order valence-corrected chi connectivity index (χ0v) is 21.1. The van der Waals surface area contributed by atoms with Crippen molar-refractivity contribution in [3.05, 3.63) is 95.8 Å². The molecule has 38 heavy (non-hydrogen) atoms. The van der Waals surface area contributed by atoms with Gasteiger partial charge in [0, 0.05) is 34.4 Å².